The van der Waals surface area contributed by atoms with Gasteiger partial charge in [-0.2, -0.15) is 0 Å². The van der Waals surface area contributed by atoms with Gasteiger partial charge in [-0.3, -0.25) is 35.1 Å². The highest BCUT2D eigenvalue weighted by Crippen LogP contribution is 2.42. The van der Waals surface area contributed by atoms with Crippen LogP contribution in [0, 0.1) is 27.2 Å². The predicted molar refractivity (Wildman–Crippen MR) is 147 cm³/mol. The van der Waals surface area contributed by atoms with Crippen LogP contribution in [0.5, 0.6) is 11.5 Å². The summed E-state index contributed by atoms with van der Waals surface area (Å²) < 4.78 is 6.20. The Kier molecular flexibility index (Phi) is 7.81. The third-order valence-electron chi connectivity index (χ3n) is 5.41. The second-order valence-electron chi connectivity index (χ2n) is 7.97. The van der Waals surface area contributed by atoms with Crippen molar-refractivity contribution in [3.05, 3.63) is 99.4 Å². The zero-order valence-electron chi connectivity index (χ0n) is 19.4. The van der Waals surface area contributed by atoms with Crippen molar-refractivity contribution in [2.75, 3.05) is 4.90 Å². The number of nitro benzene ring substituents is 2. The second-order valence-corrected chi connectivity index (χ2v) is 10.1. The molecule has 4 rings (SSSR count). The maximum absolute atomic E-state index is 13.2. The van der Waals surface area contributed by atoms with E-state index in [4.69, 9.17) is 16.3 Å². The molecule has 4 amide bonds. The number of rotatable bonds is 6. The van der Waals surface area contributed by atoms with Crippen LogP contribution in [0.4, 0.5) is 21.9 Å². The van der Waals surface area contributed by atoms with E-state index in [1.54, 1.807) is 19.1 Å². The minimum atomic E-state index is -0.927. The van der Waals surface area contributed by atoms with Gasteiger partial charge in [-0.15, -0.1) is 0 Å². The van der Waals surface area contributed by atoms with Gasteiger partial charge in [0.15, 0.2) is 5.75 Å². The number of nitro groups is 2. The van der Waals surface area contributed by atoms with E-state index < -0.39 is 39.1 Å². The average molecular weight is 681 g/mol. The third kappa shape index (κ3) is 5.67. The molecule has 0 bridgehead atoms. The van der Waals surface area contributed by atoms with E-state index in [-0.39, 0.29) is 36.7 Å². The molecule has 39 heavy (non-hydrogen) atoms. The predicted octanol–water partition coefficient (Wildman–Crippen LogP) is 6.45. The van der Waals surface area contributed by atoms with Gasteiger partial charge in [0, 0.05) is 11.1 Å². The van der Waals surface area contributed by atoms with E-state index >= 15 is 0 Å². The van der Waals surface area contributed by atoms with Crippen LogP contribution in [0.2, 0.25) is 5.02 Å². The zero-order chi connectivity index (χ0) is 28.6. The number of barbiturate groups is 1. The minimum Gasteiger partial charge on any atom is -0.448 e. The van der Waals surface area contributed by atoms with Gasteiger partial charge >= 0.3 is 11.7 Å². The number of halogens is 3. The highest BCUT2D eigenvalue weighted by Gasteiger charge is 2.37. The number of non-ortho nitro benzene ring substituents is 1. The molecular formula is C24H13Br2ClN4O8. The summed E-state index contributed by atoms with van der Waals surface area (Å²) in [7, 11) is 0. The summed E-state index contributed by atoms with van der Waals surface area (Å²) in [6.45, 7) is 1.67. The topological polar surface area (TPSA) is 162 Å². The van der Waals surface area contributed by atoms with Gasteiger partial charge in [0.05, 0.1) is 30.5 Å². The Bertz CT molecular complexity index is 1620. The molecule has 0 spiro atoms. The van der Waals surface area contributed by atoms with Gasteiger partial charge in [-0.05, 0) is 86.3 Å². The molecule has 0 saturated carbocycles. The van der Waals surface area contributed by atoms with Crippen molar-refractivity contribution in [3.8, 4) is 11.5 Å². The SMILES string of the molecule is Cc1ccc(Cl)cc1N1C(=O)NC(=O)/C(=C\c2cc(Br)c(Oc3ccc([N+](=O)[O-])cc3[N+](=O)[O-])c(Br)c2)C1=O. The van der Waals surface area contributed by atoms with Crippen molar-refractivity contribution in [2.45, 2.75) is 6.92 Å². The molecule has 1 aliphatic heterocycles. The molecule has 1 aliphatic rings. The van der Waals surface area contributed by atoms with Crippen molar-refractivity contribution in [1.82, 2.24) is 5.32 Å². The van der Waals surface area contributed by atoms with Gasteiger partial charge in [0.25, 0.3) is 17.5 Å². The summed E-state index contributed by atoms with van der Waals surface area (Å²) in [6, 6.07) is 9.59. The van der Waals surface area contributed by atoms with Crippen LogP contribution in [-0.2, 0) is 9.59 Å². The average Bonchev–Trinajstić information content (AvgIpc) is 2.85. The van der Waals surface area contributed by atoms with Crippen LogP contribution in [0.25, 0.3) is 6.08 Å². The first-order valence-electron chi connectivity index (χ1n) is 10.6. The molecule has 0 radical (unpaired) electrons. The number of carbonyl (C=O) groups excluding carboxylic acids is 3. The Morgan fingerprint density at radius 2 is 1.64 bits per heavy atom. The van der Waals surface area contributed by atoms with Crippen LogP contribution in [-0.4, -0.2) is 27.7 Å². The van der Waals surface area contributed by atoms with Crippen molar-refractivity contribution in [3.63, 3.8) is 0 Å². The number of nitrogens with zero attached hydrogens (tertiary/aromatic N) is 3. The highest BCUT2D eigenvalue weighted by molar-refractivity contribution is 9.11. The fraction of sp³-hybridized carbons (Fsp3) is 0.0417. The molecule has 1 N–H and O–H groups in total. The third-order valence-corrected chi connectivity index (χ3v) is 6.82. The first-order chi connectivity index (χ1) is 18.4. The lowest BCUT2D eigenvalue weighted by atomic mass is 10.1. The molecule has 12 nitrogen and oxygen atoms in total. The van der Waals surface area contributed by atoms with E-state index in [1.165, 1.54) is 24.3 Å². The van der Waals surface area contributed by atoms with E-state index in [0.29, 0.717) is 11.1 Å². The molecule has 0 aliphatic carbocycles. The van der Waals surface area contributed by atoms with Crippen molar-refractivity contribution >= 4 is 84.4 Å². The summed E-state index contributed by atoms with van der Waals surface area (Å²) in [4.78, 5) is 60.0. The number of hydrogen-bond acceptors (Lipinski definition) is 8. The van der Waals surface area contributed by atoms with Gasteiger partial charge in [-0.1, -0.05) is 17.7 Å². The van der Waals surface area contributed by atoms with Crippen molar-refractivity contribution < 1.29 is 29.0 Å². The quantitative estimate of drug-likeness (QED) is 0.134. The van der Waals surface area contributed by atoms with Gasteiger partial charge in [0.2, 0.25) is 5.75 Å². The van der Waals surface area contributed by atoms with E-state index in [2.05, 4.69) is 37.2 Å². The van der Waals surface area contributed by atoms with Crippen molar-refractivity contribution in [2.24, 2.45) is 0 Å². The molecule has 0 aromatic heterocycles. The number of carbonyl (C=O) groups is 3. The summed E-state index contributed by atoms with van der Waals surface area (Å²) in [5.74, 6) is -1.95. The fourth-order valence-electron chi connectivity index (χ4n) is 3.58. The molecule has 1 fully saturated rings. The number of ether oxygens (including phenoxy) is 1. The summed E-state index contributed by atoms with van der Waals surface area (Å²) in [5.41, 5.74) is -0.338. The molecule has 15 heteroatoms. The van der Waals surface area contributed by atoms with Crippen LogP contribution in [0.3, 0.4) is 0 Å². The van der Waals surface area contributed by atoms with Crippen molar-refractivity contribution in [1.29, 1.82) is 0 Å². The molecule has 0 unspecified atom stereocenters. The van der Waals surface area contributed by atoms with Crippen LogP contribution in [0.15, 0.2) is 63.0 Å². The number of hydrogen-bond donors (Lipinski definition) is 1. The number of nitrogens with one attached hydrogen (secondary N) is 1. The van der Waals surface area contributed by atoms with Gasteiger partial charge < -0.3 is 4.74 Å². The van der Waals surface area contributed by atoms with Gasteiger partial charge in [0.1, 0.15) is 5.57 Å². The summed E-state index contributed by atoms with van der Waals surface area (Å²) in [6.07, 6.45) is 1.25. The van der Waals surface area contributed by atoms with Crippen LogP contribution in [0.1, 0.15) is 11.1 Å². The largest absolute Gasteiger partial charge is 0.448 e. The first kappa shape index (κ1) is 27.9. The molecule has 3 aromatic carbocycles. The standard InChI is InChI=1S/C24H13Br2ClN4O8/c1-11-2-3-13(27)9-18(11)29-23(33)15(22(32)28-24(29)34)6-12-7-16(25)21(17(26)8-12)39-20-5-4-14(30(35)36)10-19(20)31(37)38/h2-10H,1H3,(H,28,32,34)/b15-6+. The second kappa shape index (κ2) is 10.9. The highest BCUT2D eigenvalue weighted by atomic mass is 79.9. The maximum atomic E-state index is 13.2. The summed E-state index contributed by atoms with van der Waals surface area (Å²) in [5, 5.41) is 24.9. The molecule has 0 atom stereocenters. The number of anilines is 1. The molecule has 1 heterocycles. The monoisotopic (exact) mass is 678 g/mol. The zero-order valence-corrected chi connectivity index (χ0v) is 23.4. The summed E-state index contributed by atoms with van der Waals surface area (Å²) >= 11 is 12.6. The minimum absolute atomic E-state index is 0.0832. The van der Waals surface area contributed by atoms with Crippen LogP contribution < -0.4 is 15.0 Å². The lowest BCUT2D eigenvalue weighted by Crippen LogP contribution is -2.54. The Balaban J connectivity index is 1.70. The number of imide groups is 2. The van der Waals surface area contributed by atoms with E-state index in [1.807, 2.05) is 0 Å². The molecule has 198 valence electrons. The fourth-order valence-corrected chi connectivity index (χ4v) is 5.14. The Morgan fingerprint density at radius 1 is 0.974 bits per heavy atom. The molecule has 3 aromatic rings. The smallest absolute Gasteiger partial charge is 0.335 e. The number of benzene rings is 3. The van der Waals surface area contributed by atoms with E-state index in [0.717, 1.165) is 23.1 Å². The number of urea groups is 1. The Morgan fingerprint density at radius 3 is 2.26 bits per heavy atom. The normalized spacial score (nSPS) is 14.4. The molecular weight excluding hydrogens is 668 g/mol. The Hall–Kier alpha value is -4.14. The van der Waals surface area contributed by atoms with E-state index in [9.17, 15) is 34.6 Å². The van der Waals surface area contributed by atoms with Crippen LogP contribution >= 0.6 is 43.5 Å². The molecule has 1 saturated heterocycles. The maximum Gasteiger partial charge on any atom is 0.335 e. The lowest BCUT2D eigenvalue weighted by Gasteiger charge is -2.27. The number of aryl methyl sites for hydroxylation is 1. The lowest BCUT2D eigenvalue weighted by molar-refractivity contribution is -0.394. The first-order valence-corrected chi connectivity index (χ1v) is 12.6. The number of amides is 4. The Labute approximate surface area is 240 Å². The van der Waals surface area contributed by atoms with Gasteiger partial charge in [-0.25, -0.2) is 9.69 Å².